The number of carbonyl (C=O) groups excluding carboxylic acids is 1. The Kier molecular flexibility index (Phi) is 5.31. The molecule has 140 valence electrons. The standard InChI is InChI=1S/C22H23NO4/c1-13-5-9-19(14(2)11-13)23-21(24)10-8-18-15(3)17-7-6-16(26-4)12-20(17)27-22(18)25/h5-7,9,11-12H,8,10H2,1-4H3,(H,23,24). The molecule has 27 heavy (non-hydrogen) atoms. The van der Waals surface area contributed by atoms with E-state index in [-0.39, 0.29) is 12.3 Å². The van der Waals surface area contributed by atoms with Crippen molar-refractivity contribution in [1.82, 2.24) is 0 Å². The SMILES string of the molecule is COc1ccc2c(C)c(CCC(=O)Nc3ccc(C)cc3C)c(=O)oc2c1. The minimum absolute atomic E-state index is 0.129. The van der Waals surface area contributed by atoms with Crippen LogP contribution in [0.5, 0.6) is 5.75 Å². The third-order valence-corrected chi connectivity index (χ3v) is 4.75. The van der Waals surface area contributed by atoms with E-state index in [4.69, 9.17) is 9.15 Å². The molecule has 0 saturated heterocycles. The van der Waals surface area contributed by atoms with E-state index in [0.717, 1.165) is 27.8 Å². The van der Waals surface area contributed by atoms with Crippen LogP contribution in [-0.4, -0.2) is 13.0 Å². The van der Waals surface area contributed by atoms with E-state index in [1.54, 1.807) is 13.2 Å². The van der Waals surface area contributed by atoms with Crippen LogP contribution in [0.25, 0.3) is 11.0 Å². The van der Waals surface area contributed by atoms with Gasteiger partial charge in [0.1, 0.15) is 11.3 Å². The summed E-state index contributed by atoms with van der Waals surface area (Å²) in [7, 11) is 1.56. The van der Waals surface area contributed by atoms with Crippen molar-refractivity contribution in [2.24, 2.45) is 0 Å². The van der Waals surface area contributed by atoms with Gasteiger partial charge in [0.05, 0.1) is 7.11 Å². The van der Waals surface area contributed by atoms with Gasteiger partial charge in [0.25, 0.3) is 0 Å². The minimum Gasteiger partial charge on any atom is -0.497 e. The smallest absolute Gasteiger partial charge is 0.339 e. The largest absolute Gasteiger partial charge is 0.497 e. The van der Waals surface area contributed by atoms with Crippen molar-refractivity contribution in [3.8, 4) is 5.75 Å². The van der Waals surface area contributed by atoms with Gasteiger partial charge in [-0.15, -0.1) is 0 Å². The fourth-order valence-electron chi connectivity index (χ4n) is 3.20. The molecular formula is C22H23NO4. The van der Waals surface area contributed by atoms with Gasteiger partial charge in [0, 0.05) is 29.1 Å². The molecule has 1 amide bonds. The summed E-state index contributed by atoms with van der Waals surface area (Å²) in [4.78, 5) is 24.7. The molecule has 1 aromatic heterocycles. The number of hydrogen-bond acceptors (Lipinski definition) is 4. The van der Waals surface area contributed by atoms with Crippen molar-refractivity contribution in [2.45, 2.75) is 33.6 Å². The molecule has 0 radical (unpaired) electrons. The second-order valence-electron chi connectivity index (χ2n) is 6.72. The van der Waals surface area contributed by atoms with E-state index in [1.165, 1.54) is 0 Å². The molecule has 3 aromatic rings. The number of rotatable bonds is 5. The Balaban J connectivity index is 1.78. The molecule has 0 spiro atoms. The monoisotopic (exact) mass is 365 g/mol. The molecule has 0 aliphatic heterocycles. The molecule has 0 bridgehead atoms. The zero-order chi connectivity index (χ0) is 19.6. The fraction of sp³-hybridized carbons (Fsp3) is 0.273. The maximum Gasteiger partial charge on any atom is 0.339 e. The lowest BCUT2D eigenvalue weighted by Gasteiger charge is -2.11. The Morgan fingerprint density at radius 2 is 1.89 bits per heavy atom. The molecule has 0 aliphatic carbocycles. The highest BCUT2D eigenvalue weighted by Crippen LogP contribution is 2.24. The molecular weight excluding hydrogens is 342 g/mol. The van der Waals surface area contributed by atoms with Crippen LogP contribution < -0.4 is 15.7 Å². The molecule has 5 heteroatoms. The first-order chi connectivity index (χ1) is 12.9. The lowest BCUT2D eigenvalue weighted by molar-refractivity contribution is -0.116. The summed E-state index contributed by atoms with van der Waals surface area (Å²) in [5.74, 6) is 0.501. The first kappa shape index (κ1) is 18.7. The van der Waals surface area contributed by atoms with Crippen molar-refractivity contribution >= 4 is 22.6 Å². The van der Waals surface area contributed by atoms with E-state index in [2.05, 4.69) is 5.32 Å². The van der Waals surface area contributed by atoms with Crippen LogP contribution >= 0.6 is 0 Å². The number of anilines is 1. The fourth-order valence-corrected chi connectivity index (χ4v) is 3.20. The molecule has 3 rings (SSSR count). The van der Waals surface area contributed by atoms with E-state index >= 15 is 0 Å². The third-order valence-electron chi connectivity index (χ3n) is 4.75. The van der Waals surface area contributed by atoms with Crippen LogP contribution in [0.4, 0.5) is 5.69 Å². The molecule has 1 N–H and O–H groups in total. The van der Waals surface area contributed by atoms with E-state index in [1.807, 2.05) is 51.1 Å². The molecule has 0 fully saturated rings. The van der Waals surface area contributed by atoms with Gasteiger partial charge >= 0.3 is 5.63 Å². The normalized spacial score (nSPS) is 10.8. The average molecular weight is 365 g/mol. The van der Waals surface area contributed by atoms with Crippen molar-refractivity contribution in [3.05, 3.63) is 69.1 Å². The molecule has 2 aromatic carbocycles. The Labute approximate surface area is 158 Å². The lowest BCUT2D eigenvalue weighted by atomic mass is 10.0. The van der Waals surface area contributed by atoms with E-state index in [0.29, 0.717) is 23.3 Å². The number of carbonyl (C=O) groups is 1. The molecule has 1 heterocycles. The van der Waals surface area contributed by atoms with Gasteiger partial charge in [-0.05, 0) is 56.5 Å². The molecule has 0 saturated carbocycles. The van der Waals surface area contributed by atoms with Crippen LogP contribution in [0.15, 0.2) is 45.6 Å². The van der Waals surface area contributed by atoms with Crippen LogP contribution in [0, 0.1) is 20.8 Å². The van der Waals surface area contributed by atoms with Crippen molar-refractivity contribution in [2.75, 3.05) is 12.4 Å². The predicted octanol–water partition coefficient (Wildman–Crippen LogP) is 4.30. The van der Waals surface area contributed by atoms with Gasteiger partial charge in [-0.1, -0.05) is 17.7 Å². The number of amides is 1. The van der Waals surface area contributed by atoms with Crippen molar-refractivity contribution in [1.29, 1.82) is 0 Å². The van der Waals surface area contributed by atoms with Gasteiger partial charge in [-0.3, -0.25) is 4.79 Å². The second kappa shape index (κ2) is 7.66. The third kappa shape index (κ3) is 4.03. The average Bonchev–Trinajstić information content (AvgIpc) is 2.63. The second-order valence-corrected chi connectivity index (χ2v) is 6.72. The van der Waals surface area contributed by atoms with Gasteiger partial charge in [0.2, 0.25) is 5.91 Å². The van der Waals surface area contributed by atoms with E-state index < -0.39 is 5.63 Å². The molecule has 5 nitrogen and oxygen atoms in total. The number of fused-ring (bicyclic) bond motifs is 1. The van der Waals surface area contributed by atoms with Gasteiger partial charge in [0.15, 0.2) is 0 Å². The van der Waals surface area contributed by atoms with Crippen molar-refractivity contribution < 1.29 is 13.9 Å². The lowest BCUT2D eigenvalue weighted by Crippen LogP contribution is -2.17. The summed E-state index contributed by atoms with van der Waals surface area (Å²) in [6.45, 7) is 5.85. The van der Waals surface area contributed by atoms with Crippen LogP contribution in [0.3, 0.4) is 0 Å². The number of methoxy groups -OCH3 is 1. The Morgan fingerprint density at radius 1 is 1.11 bits per heavy atom. The van der Waals surface area contributed by atoms with Gasteiger partial charge in [-0.2, -0.15) is 0 Å². The highest BCUT2D eigenvalue weighted by atomic mass is 16.5. The predicted molar refractivity (Wildman–Crippen MR) is 107 cm³/mol. The minimum atomic E-state index is -0.410. The van der Waals surface area contributed by atoms with Crippen LogP contribution in [0.1, 0.15) is 28.7 Å². The number of aryl methyl sites for hydroxylation is 3. The zero-order valence-corrected chi connectivity index (χ0v) is 16.0. The summed E-state index contributed by atoms with van der Waals surface area (Å²) in [5, 5.41) is 3.76. The maximum atomic E-state index is 12.4. The van der Waals surface area contributed by atoms with Crippen LogP contribution in [0.2, 0.25) is 0 Å². The number of nitrogens with one attached hydrogen (secondary N) is 1. The Morgan fingerprint density at radius 3 is 2.59 bits per heavy atom. The summed E-state index contributed by atoms with van der Waals surface area (Å²) >= 11 is 0. The highest BCUT2D eigenvalue weighted by Gasteiger charge is 2.14. The Bertz CT molecular complexity index is 1070. The van der Waals surface area contributed by atoms with Gasteiger partial charge in [-0.25, -0.2) is 4.79 Å². The molecule has 0 unspecified atom stereocenters. The zero-order valence-electron chi connectivity index (χ0n) is 16.0. The first-order valence-electron chi connectivity index (χ1n) is 8.86. The van der Waals surface area contributed by atoms with Crippen LogP contribution in [-0.2, 0) is 11.2 Å². The van der Waals surface area contributed by atoms with Crippen molar-refractivity contribution in [3.63, 3.8) is 0 Å². The summed E-state index contributed by atoms with van der Waals surface area (Å²) in [6.07, 6.45) is 0.535. The number of benzene rings is 2. The summed E-state index contributed by atoms with van der Waals surface area (Å²) in [5.41, 5.74) is 4.39. The van der Waals surface area contributed by atoms with E-state index in [9.17, 15) is 9.59 Å². The maximum absolute atomic E-state index is 12.4. The molecule has 0 atom stereocenters. The number of hydrogen-bond donors (Lipinski definition) is 1. The summed E-state index contributed by atoms with van der Waals surface area (Å²) < 4.78 is 10.6. The topological polar surface area (TPSA) is 68.5 Å². The first-order valence-corrected chi connectivity index (χ1v) is 8.86. The highest BCUT2D eigenvalue weighted by molar-refractivity contribution is 5.91. The Hall–Kier alpha value is -3.08. The molecule has 0 aliphatic rings. The number of ether oxygens (including phenoxy) is 1. The van der Waals surface area contributed by atoms with Gasteiger partial charge < -0.3 is 14.5 Å². The summed E-state index contributed by atoms with van der Waals surface area (Å²) in [6, 6.07) is 11.3. The quantitative estimate of drug-likeness (QED) is 0.685.